The predicted octanol–water partition coefficient (Wildman–Crippen LogP) is 2.38. The third-order valence-electron chi connectivity index (χ3n) is 4.88. The lowest BCUT2D eigenvalue weighted by Gasteiger charge is -2.28. The summed E-state index contributed by atoms with van der Waals surface area (Å²) in [6.45, 7) is 3.53. The maximum Gasteiger partial charge on any atom is 0.320 e. The van der Waals surface area contributed by atoms with Crippen molar-refractivity contribution in [2.24, 2.45) is 16.6 Å². The van der Waals surface area contributed by atoms with Crippen molar-refractivity contribution in [3.63, 3.8) is 0 Å². The van der Waals surface area contributed by atoms with E-state index in [0.29, 0.717) is 22.1 Å². The third kappa shape index (κ3) is 5.65. The van der Waals surface area contributed by atoms with Crippen molar-refractivity contribution in [1.82, 2.24) is 10.4 Å². The Labute approximate surface area is 173 Å². The summed E-state index contributed by atoms with van der Waals surface area (Å²) in [7, 11) is 0. The smallest absolute Gasteiger partial charge is 0.320 e. The van der Waals surface area contributed by atoms with Crippen LogP contribution in [0.5, 0.6) is 0 Å². The third-order valence-corrected chi connectivity index (χ3v) is 5.89. The molecule has 1 unspecified atom stereocenters. The average molecular weight is 421 g/mol. The molecule has 0 spiro atoms. The molecular formula is C20H25FN4O3S. The molecule has 0 saturated carbocycles. The first kappa shape index (κ1) is 21.5. The Morgan fingerprint density at radius 2 is 2.28 bits per heavy atom. The van der Waals surface area contributed by atoms with Crippen molar-refractivity contribution in [2.45, 2.75) is 38.6 Å². The van der Waals surface area contributed by atoms with Gasteiger partial charge in [-0.25, -0.2) is 9.82 Å². The molecule has 29 heavy (non-hydrogen) atoms. The zero-order valence-electron chi connectivity index (χ0n) is 16.2. The van der Waals surface area contributed by atoms with Crippen molar-refractivity contribution < 1.29 is 19.1 Å². The van der Waals surface area contributed by atoms with Crippen molar-refractivity contribution in [1.29, 1.82) is 0 Å². The number of hydrogen-bond acceptors (Lipinski definition) is 6. The molecule has 2 aliphatic heterocycles. The van der Waals surface area contributed by atoms with Gasteiger partial charge in [-0.05, 0) is 72.7 Å². The minimum atomic E-state index is -1.05. The number of halogens is 1. The van der Waals surface area contributed by atoms with Crippen LogP contribution in [0.15, 0.2) is 28.1 Å². The van der Waals surface area contributed by atoms with E-state index >= 15 is 0 Å². The first-order chi connectivity index (χ1) is 13.8. The molecule has 0 bridgehead atoms. The monoisotopic (exact) mass is 420 g/mol. The zero-order chi connectivity index (χ0) is 21.0. The number of hydrazine groups is 1. The summed E-state index contributed by atoms with van der Waals surface area (Å²) in [5.41, 5.74) is 10.3. The van der Waals surface area contributed by atoms with Gasteiger partial charge in [0.25, 0.3) is 5.91 Å². The normalized spacial score (nSPS) is 20.7. The molecule has 1 amide bonds. The fourth-order valence-electron chi connectivity index (χ4n) is 3.39. The van der Waals surface area contributed by atoms with Crippen LogP contribution in [0, 0.1) is 11.7 Å². The molecule has 1 aromatic carbocycles. The average Bonchev–Trinajstić information content (AvgIpc) is 3.05. The van der Waals surface area contributed by atoms with Crippen molar-refractivity contribution in [3.05, 3.63) is 40.0 Å². The highest BCUT2D eigenvalue weighted by Gasteiger charge is 2.27. The molecule has 3 rings (SSSR count). The molecule has 7 nitrogen and oxygen atoms in total. The van der Waals surface area contributed by atoms with E-state index in [9.17, 15) is 14.0 Å². The number of thioether (sulfide) groups is 1. The number of benzene rings is 1. The highest BCUT2D eigenvalue weighted by Crippen LogP contribution is 2.31. The molecule has 0 aromatic heterocycles. The summed E-state index contributed by atoms with van der Waals surface area (Å²) < 4.78 is 13.8. The Balaban J connectivity index is 1.75. The number of hydrogen-bond donors (Lipinski definition) is 3. The van der Waals surface area contributed by atoms with Crippen LogP contribution < -0.4 is 11.2 Å². The van der Waals surface area contributed by atoms with Crippen LogP contribution in [-0.4, -0.2) is 46.3 Å². The highest BCUT2D eigenvalue weighted by molar-refractivity contribution is 8.18. The summed E-state index contributed by atoms with van der Waals surface area (Å²) in [6.07, 6.45) is 4.60. The second-order valence-corrected chi connectivity index (χ2v) is 8.42. The van der Waals surface area contributed by atoms with E-state index in [0.717, 1.165) is 31.5 Å². The largest absolute Gasteiger partial charge is 0.480 e. The molecule has 0 radical (unpaired) electrons. The fraction of sp³-hybridized carbons (Fsp3) is 0.450. The van der Waals surface area contributed by atoms with Crippen LogP contribution in [0.3, 0.4) is 0 Å². The number of nitrogens with two attached hydrogens (primary N) is 1. The summed E-state index contributed by atoms with van der Waals surface area (Å²) in [5.74, 6) is -1.80. The Hall–Kier alpha value is -2.23. The van der Waals surface area contributed by atoms with E-state index < -0.39 is 12.0 Å². The maximum absolute atomic E-state index is 13.8. The SMILES string of the molecule is CC(Cc1cc(F)ccc1C=C1SC(N2CCCCN2)=NC1=O)C[C@H](N)C(=O)O. The topological polar surface area (TPSA) is 108 Å². The van der Waals surface area contributed by atoms with Crippen LogP contribution in [0.25, 0.3) is 6.08 Å². The van der Waals surface area contributed by atoms with Crippen LogP contribution in [0.1, 0.15) is 37.3 Å². The summed E-state index contributed by atoms with van der Waals surface area (Å²) >= 11 is 1.30. The molecule has 2 atom stereocenters. The van der Waals surface area contributed by atoms with Crippen LogP contribution in [0.2, 0.25) is 0 Å². The van der Waals surface area contributed by atoms with Crippen molar-refractivity contribution in [2.75, 3.05) is 13.1 Å². The van der Waals surface area contributed by atoms with Gasteiger partial charge < -0.3 is 10.8 Å². The van der Waals surface area contributed by atoms with Gasteiger partial charge in [0, 0.05) is 13.1 Å². The number of rotatable bonds is 6. The van der Waals surface area contributed by atoms with Gasteiger partial charge in [0.15, 0.2) is 5.17 Å². The first-order valence-electron chi connectivity index (χ1n) is 9.64. The summed E-state index contributed by atoms with van der Waals surface area (Å²) in [5, 5.41) is 11.5. The Kier molecular flexibility index (Phi) is 7.05. The van der Waals surface area contributed by atoms with Gasteiger partial charge in [-0.2, -0.15) is 4.99 Å². The summed E-state index contributed by atoms with van der Waals surface area (Å²) in [4.78, 5) is 28.0. The molecule has 4 N–H and O–H groups in total. The number of amides is 1. The van der Waals surface area contributed by atoms with Gasteiger partial charge in [-0.1, -0.05) is 13.0 Å². The van der Waals surface area contributed by atoms with Crippen LogP contribution in [-0.2, 0) is 16.0 Å². The number of nitrogens with zero attached hydrogens (tertiary/aromatic N) is 2. The fourth-order valence-corrected chi connectivity index (χ4v) is 4.30. The lowest BCUT2D eigenvalue weighted by atomic mass is 9.92. The Morgan fingerprint density at radius 3 is 2.97 bits per heavy atom. The molecule has 1 saturated heterocycles. The van der Waals surface area contributed by atoms with Gasteiger partial charge in [-0.15, -0.1) is 0 Å². The first-order valence-corrected chi connectivity index (χ1v) is 10.5. The molecule has 9 heteroatoms. The molecule has 0 aliphatic carbocycles. The standard InChI is InChI=1S/C20H25FN4O3S/c1-12(9-16(22)19(27)28)8-14-10-15(21)5-4-13(14)11-17-18(26)24-20(29-17)25-7-3-2-6-23-25/h4-5,10-12,16,23H,2-3,6-9,22H2,1H3,(H,27,28)/t12?,16-/m0/s1. The minimum absolute atomic E-state index is 0.0589. The van der Waals surface area contributed by atoms with Crippen molar-refractivity contribution >= 4 is 34.9 Å². The minimum Gasteiger partial charge on any atom is -0.480 e. The Bertz CT molecular complexity index is 852. The van der Waals surface area contributed by atoms with Gasteiger partial charge >= 0.3 is 5.97 Å². The highest BCUT2D eigenvalue weighted by atomic mass is 32.2. The van der Waals surface area contributed by atoms with Gasteiger partial charge in [0.1, 0.15) is 11.9 Å². The number of aliphatic imine (C=N–C) groups is 1. The zero-order valence-corrected chi connectivity index (χ0v) is 17.0. The Morgan fingerprint density at radius 1 is 1.48 bits per heavy atom. The lowest BCUT2D eigenvalue weighted by molar-refractivity contribution is -0.138. The number of nitrogens with one attached hydrogen (secondary N) is 1. The summed E-state index contributed by atoms with van der Waals surface area (Å²) in [6, 6.07) is 3.45. The molecule has 156 valence electrons. The number of carbonyl (C=O) groups excluding carboxylic acids is 1. The number of carboxylic acids is 1. The van der Waals surface area contributed by atoms with Crippen molar-refractivity contribution in [3.8, 4) is 0 Å². The second kappa shape index (κ2) is 9.51. The molecular weight excluding hydrogens is 395 g/mol. The molecule has 1 aromatic rings. The number of amidine groups is 1. The predicted molar refractivity (Wildman–Crippen MR) is 111 cm³/mol. The van der Waals surface area contributed by atoms with Gasteiger partial charge in [0.05, 0.1) is 4.91 Å². The van der Waals surface area contributed by atoms with E-state index in [1.54, 1.807) is 12.1 Å². The second-order valence-electron chi connectivity index (χ2n) is 7.41. The van der Waals surface area contributed by atoms with E-state index in [4.69, 9.17) is 10.8 Å². The van der Waals surface area contributed by atoms with Crippen LogP contribution >= 0.6 is 11.8 Å². The quantitative estimate of drug-likeness (QED) is 0.607. The van der Waals surface area contributed by atoms with Crippen LogP contribution in [0.4, 0.5) is 4.39 Å². The van der Waals surface area contributed by atoms with E-state index in [1.165, 1.54) is 23.9 Å². The number of carboxylic acid groups (broad SMARTS) is 1. The lowest BCUT2D eigenvalue weighted by Crippen LogP contribution is -2.45. The molecule has 2 aliphatic rings. The van der Waals surface area contributed by atoms with E-state index in [1.807, 2.05) is 11.9 Å². The van der Waals surface area contributed by atoms with Gasteiger partial charge in [-0.3, -0.25) is 14.6 Å². The van der Waals surface area contributed by atoms with E-state index in [-0.39, 0.29) is 24.1 Å². The van der Waals surface area contributed by atoms with Gasteiger partial charge in [0.2, 0.25) is 0 Å². The molecule has 2 heterocycles. The molecule has 1 fully saturated rings. The number of aliphatic carboxylic acids is 1. The maximum atomic E-state index is 13.8. The van der Waals surface area contributed by atoms with E-state index in [2.05, 4.69) is 10.4 Å². The number of carbonyl (C=O) groups is 2.